The number of carbonyl (C=O) groups is 1. The topological polar surface area (TPSA) is 54.6 Å². The summed E-state index contributed by atoms with van der Waals surface area (Å²) >= 11 is 5.95. The molecule has 0 spiro atoms. The summed E-state index contributed by atoms with van der Waals surface area (Å²) in [6.07, 6.45) is 1.65. The third-order valence-corrected chi connectivity index (χ3v) is 2.70. The number of halogens is 1. The van der Waals surface area contributed by atoms with E-state index < -0.39 is 5.97 Å². The van der Waals surface area contributed by atoms with E-state index in [0.717, 1.165) is 16.9 Å². The molecule has 0 aliphatic carbocycles. The Hall–Kier alpha value is -1.55. The molecule has 5 heteroatoms. The molecule has 0 fully saturated rings. The van der Waals surface area contributed by atoms with E-state index in [1.54, 1.807) is 17.5 Å². The first-order chi connectivity index (χ1) is 7.49. The lowest BCUT2D eigenvalue weighted by Gasteiger charge is -2.02. The van der Waals surface area contributed by atoms with Crippen molar-refractivity contribution in [1.82, 2.24) is 9.38 Å². The summed E-state index contributed by atoms with van der Waals surface area (Å²) in [7, 11) is 0. The van der Waals surface area contributed by atoms with Gasteiger partial charge in [-0.1, -0.05) is 11.6 Å². The highest BCUT2D eigenvalue weighted by Crippen LogP contribution is 2.20. The van der Waals surface area contributed by atoms with Gasteiger partial charge in [-0.2, -0.15) is 0 Å². The zero-order chi connectivity index (χ0) is 11.9. The van der Waals surface area contributed by atoms with Crippen molar-refractivity contribution in [3.05, 3.63) is 34.2 Å². The van der Waals surface area contributed by atoms with Gasteiger partial charge in [-0.05, 0) is 25.5 Å². The van der Waals surface area contributed by atoms with Crippen LogP contribution in [-0.2, 0) is 11.2 Å². The standard InChI is InChI=1S/C11H11ClN2O2/c1-6-3-8(12)5-14-9(4-10(15)16)7(2)13-11(6)14/h3,5H,4H2,1-2H3,(H,15,16). The number of hydrogen-bond acceptors (Lipinski definition) is 2. The summed E-state index contributed by atoms with van der Waals surface area (Å²) < 4.78 is 1.75. The minimum Gasteiger partial charge on any atom is -0.481 e. The van der Waals surface area contributed by atoms with Crippen LogP contribution in [0, 0.1) is 13.8 Å². The Kier molecular flexibility index (Phi) is 2.59. The Balaban J connectivity index is 2.73. The minimum absolute atomic E-state index is 0.0488. The normalized spacial score (nSPS) is 10.9. The molecule has 1 N–H and O–H groups in total. The Bertz CT molecular complexity index is 575. The van der Waals surface area contributed by atoms with Crippen molar-refractivity contribution in [2.75, 3.05) is 0 Å². The smallest absolute Gasteiger partial charge is 0.309 e. The van der Waals surface area contributed by atoms with Gasteiger partial charge in [0, 0.05) is 6.20 Å². The molecule has 16 heavy (non-hydrogen) atoms. The largest absolute Gasteiger partial charge is 0.481 e. The van der Waals surface area contributed by atoms with Crippen molar-refractivity contribution >= 4 is 23.2 Å². The molecule has 0 saturated carbocycles. The molecule has 0 aliphatic rings. The van der Waals surface area contributed by atoms with Crippen LogP contribution >= 0.6 is 11.6 Å². The van der Waals surface area contributed by atoms with E-state index >= 15 is 0 Å². The number of aryl methyl sites for hydroxylation is 2. The first-order valence-corrected chi connectivity index (χ1v) is 5.22. The van der Waals surface area contributed by atoms with Gasteiger partial charge in [0.25, 0.3) is 0 Å². The van der Waals surface area contributed by atoms with Crippen LogP contribution in [0.1, 0.15) is 17.0 Å². The van der Waals surface area contributed by atoms with Crippen molar-refractivity contribution in [3.63, 3.8) is 0 Å². The fraction of sp³-hybridized carbons (Fsp3) is 0.273. The van der Waals surface area contributed by atoms with Crippen LogP contribution in [-0.4, -0.2) is 20.5 Å². The molecule has 0 aliphatic heterocycles. The number of nitrogens with zero attached hydrogens (tertiary/aromatic N) is 2. The van der Waals surface area contributed by atoms with Crippen molar-refractivity contribution < 1.29 is 9.90 Å². The molecule has 2 aromatic rings. The average Bonchev–Trinajstić information content (AvgIpc) is 2.45. The lowest BCUT2D eigenvalue weighted by atomic mass is 10.2. The second-order valence-corrected chi connectivity index (χ2v) is 4.19. The number of hydrogen-bond donors (Lipinski definition) is 1. The molecule has 84 valence electrons. The second-order valence-electron chi connectivity index (χ2n) is 3.75. The number of pyridine rings is 1. The van der Waals surface area contributed by atoms with Crippen LogP contribution in [0.4, 0.5) is 0 Å². The first kappa shape index (κ1) is 11.0. The number of aromatic nitrogens is 2. The lowest BCUT2D eigenvalue weighted by Crippen LogP contribution is -2.04. The number of rotatable bonds is 2. The van der Waals surface area contributed by atoms with E-state index in [2.05, 4.69) is 4.98 Å². The second kappa shape index (κ2) is 3.79. The van der Waals surface area contributed by atoms with Gasteiger partial charge in [-0.25, -0.2) is 4.98 Å². The van der Waals surface area contributed by atoms with E-state index in [9.17, 15) is 4.79 Å². The fourth-order valence-corrected chi connectivity index (χ4v) is 2.05. The Labute approximate surface area is 97.5 Å². The molecule has 0 bridgehead atoms. The van der Waals surface area contributed by atoms with Crippen LogP contribution in [0.3, 0.4) is 0 Å². The van der Waals surface area contributed by atoms with Crippen molar-refractivity contribution in [2.45, 2.75) is 20.3 Å². The van der Waals surface area contributed by atoms with Gasteiger partial charge in [-0.3, -0.25) is 4.79 Å². The van der Waals surface area contributed by atoms with E-state index in [1.165, 1.54) is 0 Å². The Morgan fingerprint density at radius 2 is 2.25 bits per heavy atom. The van der Waals surface area contributed by atoms with Crippen molar-refractivity contribution in [1.29, 1.82) is 0 Å². The highest BCUT2D eigenvalue weighted by Gasteiger charge is 2.13. The van der Waals surface area contributed by atoms with Crippen LogP contribution in [0.15, 0.2) is 12.3 Å². The molecule has 2 heterocycles. The molecule has 4 nitrogen and oxygen atoms in total. The highest BCUT2D eigenvalue weighted by molar-refractivity contribution is 6.30. The van der Waals surface area contributed by atoms with Gasteiger partial charge in [0.15, 0.2) is 0 Å². The monoisotopic (exact) mass is 238 g/mol. The van der Waals surface area contributed by atoms with Gasteiger partial charge in [0.2, 0.25) is 0 Å². The predicted molar refractivity (Wildman–Crippen MR) is 61.0 cm³/mol. The number of imidazole rings is 1. The van der Waals surface area contributed by atoms with Crippen LogP contribution in [0.2, 0.25) is 5.02 Å². The zero-order valence-electron chi connectivity index (χ0n) is 8.99. The van der Waals surface area contributed by atoms with Crippen LogP contribution in [0.25, 0.3) is 5.65 Å². The number of aliphatic carboxylic acids is 1. The molecule has 0 atom stereocenters. The summed E-state index contributed by atoms with van der Waals surface area (Å²) in [6, 6.07) is 1.81. The summed E-state index contributed by atoms with van der Waals surface area (Å²) in [5.74, 6) is -0.873. The van der Waals surface area contributed by atoms with Gasteiger partial charge < -0.3 is 9.51 Å². The summed E-state index contributed by atoms with van der Waals surface area (Å²) in [6.45, 7) is 3.71. The van der Waals surface area contributed by atoms with E-state index in [0.29, 0.717) is 10.7 Å². The molecule has 0 aromatic carbocycles. The average molecular weight is 239 g/mol. The third kappa shape index (κ3) is 1.76. The summed E-state index contributed by atoms with van der Waals surface area (Å²) in [5.41, 5.74) is 3.10. The highest BCUT2D eigenvalue weighted by atomic mass is 35.5. The number of fused-ring (bicyclic) bond motifs is 1. The van der Waals surface area contributed by atoms with Gasteiger partial charge in [0.1, 0.15) is 5.65 Å². The lowest BCUT2D eigenvalue weighted by molar-refractivity contribution is -0.136. The SMILES string of the molecule is Cc1nc2c(C)cc(Cl)cn2c1CC(=O)O. The van der Waals surface area contributed by atoms with E-state index in [-0.39, 0.29) is 6.42 Å². The molecule has 0 saturated heterocycles. The van der Waals surface area contributed by atoms with Crippen molar-refractivity contribution in [3.8, 4) is 0 Å². The zero-order valence-corrected chi connectivity index (χ0v) is 9.75. The van der Waals surface area contributed by atoms with Gasteiger partial charge in [-0.15, -0.1) is 0 Å². The molecular formula is C11H11ClN2O2. The maximum atomic E-state index is 10.8. The van der Waals surface area contributed by atoms with E-state index in [1.807, 2.05) is 13.0 Å². The predicted octanol–water partition coefficient (Wildman–Crippen LogP) is 2.23. The maximum Gasteiger partial charge on any atom is 0.309 e. The van der Waals surface area contributed by atoms with Crippen LogP contribution in [0.5, 0.6) is 0 Å². The fourth-order valence-electron chi connectivity index (χ4n) is 1.78. The maximum absolute atomic E-state index is 10.8. The van der Waals surface area contributed by atoms with Crippen LogP contribution < -0.4 is 0 Å². The Morgan fingerprint density at radius 1 is 1.56 bits per heavy atom. The van der Waals surface area contributed by atoms with Gasteiger partial charge >= 0.3 is 5.97 Å². The molecule has 0 amide bonds. The molecule has 0 unspecified atom stereocenters. The van der Waals surface area contributed by atoms with E-state index in [4.69, 9.17) is 16.7 Å². The number of carboxylic acids is 1. The van der Waals surface area contributed by atoms with Crippen molar-refractivity contribution in [2.24, 2.45) is 0 Å². The quantitative estimate of drug-likeness (QED) is 0.873. The van der Waals surface area contributed by atoms with Gasteiger partial charge in [0.05, 0.1) is 22.8 Å². The molecular weight excluding hydrogens is 228 g/mol. The molecule has 2 rings (SSSR count). The molecule has 2 aromatic heterocycles. The first-order valence-electron chi connectivity index (χ1n) is 4.84. The molecule has 0 radical (unpaired) electrons. The summed E-state index contributed by atoms with van der Waals surface area (Å²) in [4.78, 5) is 15.1. The Morgan fingerprint density at radius 3 is 2.88 bits per heavy atom. The third-order valence-electron chi connectivity index (χ3n) is 2.49. The number of carboxylic acid groups (broad SMARTS) is 1. The minimum atomic E-state index is -0.873. The summed E-state index contributed by atoms with van der Waals surface area (Å²) in [5, 5.41) is 9.41.